The molecule has 4 rings (SSSR count). The highest BCUT2D eigenvalue weighted by Gasteiger charge is 2.34. The molecule has 0 bridgehead atoms. The monoisotopic (exact) mass is 356 g/mol. The molecule has 2 heterocycles. The molecule has 0 unspecified atom stereocenters. The van der Waals surface area contributed by atoms with Gasteiger partial charge in [0.1, 0.15) is 6.17 Å². The van der Waals surface area contributed by atoms with Crippen molar-refractivity contribution in [3.63, 3.8) is 0 Å². The third-order valence-corrected chi connectivity index (χ3v) is 4.83. The number of rotatable bonds is 4. The van der Waals surface area contributed by atoms with Crippen molar-refractivity contribution in [3.05, 3.63) is 47.0 Å². The number of likely N-dealkylation sites (N-methyl/N-ethyl adjacent to an activating group) is 1. The van der Waals surface area contributed by atoms with E-state index in [2.05, 4.69) is 10.2 Å². The Bertz CT molecular complexity index is 850. The number of nitrogens with one attached hydrogen (secondary N) is 1. The summed E-state index contributed by atoms with van der Waals surface area (Å²) >= 11 is 0. The summed E-state index contributed by atoms with van der Waals surface area (Å²) in [6.07, 6.45) is 0.758. The predicted octanol–water partition coefficient (Wildman–Crippen LogP) is 2.72. The molecule has 0 saturated heterocycles. The molecule has 2 aromatic rings. The first kappa shape index (κ1) is 16.5. The van der Waals surface area contributed by atoms with Crippen molar-refractivity contribution in [1.29, 1.82) is 0 Å². The summed E-state index contributed by atoms with van der Waals surface area (Å²) in [6, 6.07) is 8.74. The van der Waals surface area contributed by atoms with Gasteiger partial charge in [0.05, 0.1) is 12.7 Å². The molecule has 2 aliphatic rings. The SMILES string of the molecule is COc1c2c(cc3c1[C@H](Nc1ccc(C(=O)O)cc1)N(C)CC3)OCO2. The van der Waals surface area contributed by atoms with E-state index in [1.807, 2.05) is 13.1 Å². The zero-order valence-electron chi connectivity index (χ0n) is 14.6. The molecule has 136 valence electrons. The lowest BCUT2D eigenvalue weighted by atomic mass is 9.94. The molecule has 0 fully saturated rings. The predicted molar refractivity (Wildman–Crippen MR) is 95.2 cm³/mol. The Morgan fingerprint density at radius 2 is 2.08 bits per heavy atom. The second-order valence-electron chi connectivity index (χ2n) is 6.38. The van der Waals surface area contributed by atoms with Gasteiger partial charge in [-0.15, -0.1) is 0 Å². The van der Waals surface area contributed by atoms with Crippen LogP contribution in [-0.2, 0) is 6.42 Å². The highest BCUT2D eigenvalue weighted by molar-refractivity contribution is 5.88. The van der Waals surface area contributed by atoms with E-state index in [1.165, 1.54) is 0 Å². The van der Waals surface area contributed by atoms with Crippen LogP contribution in [0.1, 0.15) is 27.7 Å². The van der Waals surface area contributed by atoms with Crippen LogP contribution in [0.3, 0.4) is 0 Å². The summed E-state index contributed by atoms with van der Waals surface area (Å²) in [6.45, 7) is 1.07. The molecule has 0 saturated carbocycles. The Morgan fingerprint density at radius 3 is 2.77 bits per heavy atom. The average Bonchev–Trinajstić information content (AvgIpc) is 3.11. The van der Waals surface area contributed by atoms with Gasteiger partial charge in [-0.2, -0.15) is 0 Å². The topological polar surface area (TPSA) is 80.3 Å². The lowest BCUT2D eigenvalue weighted by Gasteiger charge is -2.36. The van der Waals surface area contributed by atoms with Gasteiger partial charge in [-0.25, -0.2) is 4.79 Å². The lowest BCUT2D eigenvalue weighted by molar-refractivity contribution is 0.0697. The van der Waals surface area contributed by atoms with Gasteiger partial charge in [0.25, 0.3) is 0 Å². The summed E-state index contributed by atoms with van der Waals surface area (Å²) in [5.74, 6) is 1.09. The van der Waals surface area contributed by atoms with Crippen molar-refractivity contribution in [2.24, 2.45) is 0 Å². The van der Waals surface area contributed by atoms with E-state index in [1.54, 1.807) is 31.4 Å². The summed E-state index contributed by atoms with van der Waals surface area (Å²) in [4.78, 5) is 13.2. The standard InChI is InChI=1S/C19H20N2O5/c1-21-8-7-12-9-14-16(26-10-25-14)17(24-2)15(12)18(21)20-13-5-3-11(4-6-13)19(22)23/h3-6,9,18,20H,7-8,10H2,1-2H3,(H,22,23)/t18-/m1/s1. The van der Waals surface area contributed by atoms with Crippen LogP contribution in [0.4, 0.5) is 5.69 Å². The van der Waals surface area contributed by atoms with Crippen LogP contribution in [-0.4, -0.2) is 43.5 Å². The van der Waals surface area contributed by atoms with Gasteiger partial charge in [0.15, 0.2) is 11.5 Å². The van der Waals surface area contributed by atoms with Gasteiger partial charge < -0.3 is 24.6 Å². The van der Waals surface area contributed by atoms with Crippen molar-refractivity contribution in [3.8, 4) is 17.2 Å². The van der Waals surface area contributed by atoms with Gasteiger partial charge >= 0.3 is 5.97 Å². The minimum absolute atomic E-state index is 0.126. The fourth-order valence-corrected chi connectivity index (χ4v) is 3.48. The normalized spacial score (nSPS) is 18.3. The number of hydrogen-bond donors (Lipinski definition) is 2. The Labute approximate surface area is 151 Å². The average molecular weight is 356 g/mol. The molecule has 26 heavy (non-hydrogen) atoms. The number of fused-ring (bicyclic) bond motifs is 2. The Balaban J connectivity index is 1.72. The molecule has 2 aromatic carbocycles. The molecule has 2 N–H and O–H groups in total. The maximum absolute atomic E-state index is 11.0. The molecule has 0 amide bonds. The van der Waals surface area contributed by atoms with Gasteiger partial charge in [-0.05, 0) is 49.4 Å². The third kappa shape index (κ3) is 2.70. The second-order valence-corrected chi connectivity index (χ2v) is 6.38. The van der Waals surface area contributed by atoms with Crippen LogP contribution >= 0.6 is 0 Å². The molecule has 0 aromatic heterocycles. The van der Waals surface area contributed by atoms with Crippen molar-refractivity contribution < 1.29 is 24.1 Å². The summed E-state index contributed by atoms with van der Waals surface area (Å²) < 4.78 is 16.8. The number of methoxy groups -OCH3 is 1. The minimum atomic E-state index is -0.939. The number of carbonyl (C=O) groups is 1. The molecule has 1 atom stereocenters. The Hall–Kier alpha value is -2.93. The number of nitrogens with zero attached hydrogens (tertiary/aromatic N) is 1. The lowest BCUT2D eigenvalue weighted by Crippen LogP contribution is -2.37. The number of carboxylic acids is 1. The number of ether oxygens (including phenoxy) is 3. The fraction of sp³-hybridized carbons (Fsp3) is 0.316. The third-order valence-electron chi connectivity index (χ3n) is 4.83. The molecule has 7 heteroatoms. The molecule has 7 nitrogen and oxygen atoms in total. The number of carboxylic acid groups (broad SMARTS) is 1. The highest BCUT2D eigenvalue weighted by Crippen LogP contribution is 2.49. The molecule has 0 spiro atoms. The molecule has 0 aliphatic carbocycles. The van der Waals surface area contributed by atoms with Crippen molar-refractivity contribution in [2.75, 3.05) is 32.8 Å². The number of benzene rings is 2. The van der Waals surface area contributed by atoms with E-state index in [4.69, 9.17) is 19.3 Å². The van der Waals surface area contributed by atoms with E-state index >= 15 is 0 Å². The van der Waals surface area contributed by atoms with Crippen LogP contribution in [0.2, 0.25) is 0 Å². The van der Waals surface area contributed by atoms with Crippen molar-refractivity contribution >= 4 is 11.7 Å². The zero-order valence-corrected chi connectivity index (χ0v) is 14.6. The Kier molecular flexibility index (Phi) is 4.08. The number of anilines is 1. The summed E-state index contributed by atoms with van der Waals surface area (Å²) in [5.41, 5.74) is 3.27. The number of hydrogen-bond acceptors (Lipinski definition) is 6. The van der Waals surface area contributed by atoms with Gasteiger partial charge in [0, 0.05) is 17.8 Å². The summed E-state index contributed by atoms with van der Waals surface area (Å²) in [7, 11) is 3.67. The van der Waals surface area contributed by atoms with Crippen LogP contribution in [0.5, 0.6) is 17.2 Å². The first-order valence-corrected chi connectivity index (χ1v) is 8.38. The van der Waals surface area contributed by atoms with E-state index in [0.717, 1.165) is 35.5 Å². The van der Waals surface area contributed by atoms with Crippen LogP contribution in [0, 0.1) is 0 Å². The Morgan fingerprint density at radius 1 is 1.31 bits per heavy atom. The maximum atomic E-state index is 11.0. The molecule has 2 aliphatic heterocycles. The van der Waals surface area contributed by atoms with Gasteiger partial charge in [-0.3, -0.25) is 4.90 Å². The molecular formula is C19H20N2O5. The van der Waals surface area contributed by atoms with E-state index in [-0.39, 0.29) is 18.5 Å². The van der Waals surface area contributed by atoms with Gasteiger partial charge in [0.2, 0.25) is 12.5 Å². The minimum Gasteiger partial charge on any atom is -0.492 e. The largest absolute Gasteiger partial charge is 0.492 e. The first-order chi connectivity index (χ1) is 12.6. The maximum Gasteiger partial charge on any atom is 0.335 e. The second kappa shape index (κ2) is 6.42. The van der Waals surface area contributed by atoms with E-state index in [0.29, 0.717) is 11.5 Å². The molecule has 0 radical (unpaired) electrons. The summed E-state index contributed by atoms with van der Waals surface area (Å²) in [5, 5.41) is 12.5. The van der Waals surface area contributed by atoms with Crippen molar-refractivity contribution in [1.82, 2.24) is 4.90 Å². The number of aromatic carboxylic acids is 1. The van der Waals surface area contributed by atoms with Crippen LogP contribution < -0.4 is 19.5 Å². The fourth-order valence-electron chi connectivity index (χ4n) is 3.48. The zero-order chi connectivity index (χ0) is 18.3. The first-order valence-electron chi connectivity index (χ1n) is 8.38. The van der Waals surface area contributed by atoms with Crippen LogP contribution in [0.15, 0.2) is 30.3 Å². The van der Waals surface area contributed by atoms with Crippen LogP contribution in [0.25, 0.3) is 0 Å². The molecular weight excluding hydrogens is 336 g/mol. The highest BCUT2D eigenvalue weighted by atomic mass is 16.7. The quantitative estimate of drug-likeness (QED) is 0.872. The van der Waals surface area contributed by atoms with Gasteiger partial charge in [-0.1, -0.05) is 0 Å². The smallest absolute Gasteiger partial charge is 0.335 e. The van der Waals surface area contributed by atoms with E-state index in [9.17, 15) is 4.79 Å². The van der Waals surface area contributed by atoms with Crippen molar-refractivity contribution in [2.45, 2.75) is 12.6 Å². The van der Waals surface area contributed by atoms with E-state index < -0.39 is 5.97 Å².